The molecule has 2 aromatic rings. The fraction of sp³-hybridized carbons (Fsp3) is 0.333. The summed E-state index contributed by atoms with van der Waals surface area (Å²) in [5.74, 6) is 0. The monoisotopic (exact) mass is 234 g/mol. The number of hydrogen-bond acceptors (Lipinski definition) is 5. The largest absolute Gasteiger partial charge is 0.394 e. The predicted molar refractivity (Wildman–Crippen MR) is 62.3 cm³/mol. The Balaban J connectivity index is 2.45. The summed E-state index contributed by atoms with van der Waals surface area (Å²) in [6, 6.07) is 7.33. The lowest BCUT2D eigenvalue weighted by Gasteiger charge is -2.10. The molecule has 0 amide bonds. The van der Waals surface area contributed by atoms with Crippen LogP contribution in [-0.2, 0) is 13.0 Å². The number of fused-ring (bicyclic) bond motifs is 1. The number of nitrogens with zero attached hydrogens (tertiary/aromatic N) is 2. The normalized spacial score (nSPS) is 12.9. The summed E-state index contributed by atoms with van der Waals surface area (Å²) in [6.07, 6.45) is -0.694. The molecular formula is C12H14N2O3. The highest BCUT2D eigenvalue weighted by atomic mass is 16.3. The van der Waals surface area contributed by atoms with Crippen molar-refractivity contribution in [3.8, 4) is 0 Å². The lowest BCUT2D eigenvalue weighted by atomic mass is 10.1. The van der Waals surface area contributed by atoms with Crippen molar-refractivity contribution in [3.05, 3.63) is 35.7 Å². The minimum Gasteiger partial charge on any atom is -0.394 e. The van der Waals surface area contributed by atoms with Crippen LogP contribution in [0.4, 0.5) is 0 Å². The first-order valence-electron chi connectivity index (χ1n) is 5.39. The zero-order chi connectivity index (χ0) is 12.3. The number of hydrogen-bond donors (Lipinski definition) is 3. The Kier molecular flexibility index (Phi) is 3.63. The molecule has 0 saturated heterocycles. The van der Waals surface area contributed by atoms with Crippen LogP contribution in [0.3, 0.4) is 0 Å². The zero-order valence-corrected chi connectivity index (χ0v) is 9.24. The van der Waals surface area contributed by atoms with Crippen LogP contribution in [0.15, 0.2) is 24.3 Å². The van der Waals surface area contributed by atoms with Gasteiger partial charge in [-0.25, -0.2) is 9.97 Å². The molecule has 0 fully saturated rings. The number of benzene rings is 1. The molecule has 90 valence electrons. The first kappa shape index (κ1) is 11.9. The Bertz CT molecular complexity index is 516. The summed E-state index contributed by atoms with van der Waals surface area (Å²) in [7, 11) is 0. The molecule has 0 spiro atoms. The van der Waals surface area contributed by atoms with Gasteiger partial charge in [0.25, 0.3) is 0 Å². The van der Waals surface area contributed by atoms with Crippen molar-refractivity contribution in [1.29, 1.82) is 0 Å². The van der Waals surface area contributed by atoms with E-state index in [2.05, 4.69) is 9.97 Å². The van der Waals surface area contributed by atoms with Gasteiger partial charge in [0.15, 0.2) is 0 Å². The van der Waals surface area contributed by atoms with Crippen molar-refractivity contribution in [3.63, 3.8) is 0 Å². The average molecular weight is 234 g/mol. The number of aliphatic hydroxyl groups is 3. The summed E-state index contributed by atoms with van der Waals surface area (Å²) in [5.41, 5.74) is 2.38. The van der Waals surface area contributed by atoms with Gasteiger partial charge in [-0.15, -0.1) is 0 Å². The number of aliphatic hydroxyl groups excluding tert-OH is 3. The lowest BCUT2D eigenvalue weighted by Crippen LogP contribution is -2.18. The minimum absolute atomic E-state index is 0.185. The van der Waals surface area contributed by atoms with E-state index in [9.17, 15) is 10.2 Å². The number of rotatable bonds is 4. The van der Waals surface area contributed by atoms with Gasteiger partial charge in [-0.2, -0.15) is 0 Å². The van der Waals surface area contributed by atoms with Crippen molar-refractivity contribution in [2.24, 2.45) is 0 Å². The van der Waals surface area contributed by atoms with Crippen molar-refractivity contribution < 1.29 is 15.3 Å². The quantitative estimate of drug-likeness (QED) is 0.694. The molecule has 0 aliphatic heterocycles. The second-order valence-corrected chi connectivity index (χ2v) is 3.80. The van der Waals surface area contributed by atoms with Crippen LogP contribution in [0.1, 0.15) is 11.4 Å². The van der Waals surface area contributed by atoms with Gasteiger partial charge in [0.1, 0.15) is 0 Å². The van der Waals surface area contributed by atoms with Gasteiger partial charge in [-0.3, -0.25) is 0 Å². The predicted octanol–water partition coefficient (Wildman–Crippen LogP) is 0.0178. The van der Waals surface area contributed by atoms with Crippen molar-refractivity contribution in [2.75, 3.05) is 6.61 Å². The second kappa shape index (κ2) is 5.18. The van der Waals surface area contributed by atoms with E-state index < -0.39 is 6.10 Å². The summed E-state index contributed by atoms with van der Waals surface area (Å²) < 4.78 is 0. The van der Waals surface area contributed by atoms with E-state index in [0.29, 0.717) is 22.4 Å². The first-order chi connectivity index (χ1) is 8.24. The van der Waals surface area contributed by atoms with Crippen LogP contribution in [0, 0.1) is 0 Å². The van der Waals surface area contributed by atoms with Gasteiger partial charge >= 0.3 is 0 Å². The molecular weight excluding hydrogens is 220 g/mol. The van der Waals surface area contributed by atoms with Crippen molar-refractivity contribution in [2.45, 2.75) is 19.1 Å². The molecule has 0 aliphatic rings. The van der Waals surface area contributed by atoms with E-state index in [-0.39, 0.29) is 19.6 Å². The highest BCUT2D eigenvalue weighted by molar-refractivity contribution is 5.74. The van der Waals surface area contributed by atoms with Gasteiger partial charge in [0, 0.05) is 6.42 Å². The molecule has 1 atom stereocenters. The maximum atomic E-state index is 9.40. The fourth-order valence-corrected chi connectivity index (χ4v) is 1.65. The minimum atomic E-state index is -0.879. The smallest absolute Gasteiger partial charge is 0.0891 e. The first-order valence-corrected chi connectivity index (χ1v) is 5.39. The molecule has 1 unspecified atom stereocenters. The molecule has 1 heterocycles. The lowest BCUT2D eigenvalue weighted by molar-refractivity contribution is 0.0942. The van der Waals surface area contributed by atoms with E-state index in [4.69, 9.17) is 5.11 Å². The van der Waals surface area contributed by atoms with Crippen LogP contribution in [0.2, 0.25) is 0 Å². The number of para-hydroxylation sites is 2. The van der Waals surface area contributed by atoms with Crippen LogP contribution < -0.4 is 0 Å². The second-order valence-electron chi connectivity index (χ2n) is 3.80. The molecule has 17 heavy (non-hydrogen) atoms. The third kappa shape index (κ3) is 2.58. The molecule has 0 aliphatic carbocycles. The molecule has 5 heteroatoms. The van der Waals surface area contributed by atoms with Gasteiger partial charge < -0.3 is 15.3 Å². The maximum absolute atomic E-state index is 9.40. The van der Waals surface area contributed by atoms with Crippen LogP contribution in [-0.4, -0.2) is 38.0 Å². The third-order valence-electron chi connectivity index (χ3n) is 2.52. The molecule has 5 nitrogen and oxygen atoms in total. The molecule has 1 aromatic carbocycles. The topological polar surface area (TPSA) is 86.5 Å². The van der Waals surface area contributed by atoms with Crippen LogP contribution >= 0.6 is 0 Å². The molecule has 2 rings (SSSR count). The van der Waals surface area contributed by atoms with Gasteiger partial charge in [0.2, 0.25) is 0 Å². The standard InChI is InChI=1S/C12H14N2O3/c15-6-8(17)5-11-12(7-16)14-10-4-2-1-3-9(10)13-11/h1-4,8,15-17H,5-7H2. The molecule has 3 N–H and O–H groups in total. The van der Waals surface area contributed by atoms with E-state index >= 15 is 0 Å². The Morgan fingerprint density at radius 2 is 1.59 bits per heavy atom. The summed E-state index contributed by atoms with van der Waals surface area (Å²) >= 11 is 0. The zero-order valence-electron chi connectivity index (χ0n) is 9.24. The van der Waals surface area contributed by atoms with Crippen LogP contribution in [0.25, 0.3) is 11.0 Å². The molecule has 0 saturated carbocycles. The van der Waals surface area contributed by atoms with E-state index in [1.54, 1.807) is 0 Å². The van der Waals surface area contributed by atoms with Crippen molar-refractivity contribution in [1.82, 2.24) is 9.97 Å². The van der Waals surface area contributed by atoms with Crippen LogP contribution in [0.5, 0.6) is 0 Å². The van der Waals surface area contributed by atoms with Gasteiger partial charge in [-0.1, -0.05) is 12.1 Å². The van der Waals surface area contributed by atoms with Gasteiger partial charge in [-0.05, 0) is 12.1 Å². The summed E-state index contributed by atoms with van der Waals surface area (Å²) in [4.78, 5) is 8.62. The summed E-state index contributed by atoms with van der Waals surface area (Å²) in [5, 5.41) is 27.4. The van der Waals surface area contributed by atoms with E-state index in [1.165, 1.54) is 0 Å². The summed E-state index contributed by atoms with van der Waals surface area (Å²) in [6.45, 7) is -0.565. The third-order valence-corrected chi connectivity index (χ3v) is 2.52. The van der Waals surface area contributed by atoms with Gasteiger partial charge in [0.05, 0.1) is 41.7 Å². The Morgan fingerprint density at radius 3 is 2.12 bits per heavy atom. The maximum Gasteiger partial charge on any atom is 0.0891 e. The highest BCUT2D eigenvalue weighted by Gasteiger charge is 2.12. The van der Waals surface area contributed by atoms with E-state index in [0.717, 1.165) is 0 Å². The molecule has 1 aromatic heterocycles. The van der Waals surface area contributed by atoms with E-state index in [1.807, 2.05) is 24.3 Å². The SMILES string of the molecule is OCc1nc2ccccc2nc1CC(O)CO. The Morgan fingerprint density at radius 1 is 1.00 bits per heavy atom. The highest BCUT2D eigenvalue weighted by Crippen LogP contribution is 2.14. The number of aromatic nitrogens is 2. The fourth-order valence-electron chi connectivity index (χ4n) is 1.65. The Hall–Kier alpha value is -1.56. The Labute approximate surface area is 98.4 Å². The van der Waals surface area contributed by atoms with Crippen molar-refractivity contribution >= 4 is 11.0 Å². The molecule has 0 bridgehead atoms. The average Bonchev–Trinajstić information content (AvgIpc) is 2.37. The molecule has 0 radical (unpaired) electrons.